The van der Waals surface area contributed by atoms with Gasteiger partial charge < -0.3 is 15.0 Å². The molecule has 2 aromatic rings. The zero-order valence-electron chi connectivity index (χ0n) is 16.7. The average Bonchev–Trinajstić information content (AvgIpc) is 2.72. The van der Waals surface area contributed by atoms with Crippen LogP contribution in [-0.4, -0.2) is 56.3 Å². The Bertz CT molecular complexity index is 1030. The van der Waals surface area contributed by atoms with Gasteiger partial charge in [0.2, 0.25) is 5.82 Å². The number of anilines is 1. The molecule has 1 fully saturated rings. The van der Waals surface area contributed by atoms with Gasteiger partial charge in [-0.2, -0.15) is 0 Å². The van der Waals surface area contributed by atoms with E-state index in [1.54, 1.807) is 19.3 Å². The molecule has 10 heteroatoms. The van der Waals surface area contributed by atoms with Crippen LogP contribution in [0.1, 0.15) is 29.1 Å². The van der Waals surface area contributed by atoms with Crippen LogP contribution in [0, 0.1) is 0 Å². The third kappa shape index (κ3) is 5.78. The topological polar surface area (TPSA) is 101 Å². The van der Waals surface area contributed by atoms with Crippen molar-refractivity contribution in [1.29, 1.82) is 0 Å². The quantitative estimate of drug-likeness (QED) is 0.720. The third-order valence-electron chi connectivity index (χ3n) is 4.54. The van der Waals surface area contributed by atoms with Crippen LogP contribution in [0.15, 0.2) is 48.1 Å². The fraction of sp³-hybridized carbons (Fsp3) is 0.350. The predicted octanol–water partition coefficient (Wildman–Crippen LogP) is 2.38. The van der Waals surface area contributed by atoms with Gasteiger partial charge in [-0.3, -0.25) is 4.79 Å². The van der Waals surface area contributed by atoms with Gasteiger partial charge in [-0.15, -0.1) is 0 Å². The van der Waals surface area contributed by atoms with Crippen LogP contribution in [0.2, 0.25) is 5.02 Å². The van der Waals surface area contributed by atoms with Crippen molar-refractivity contribution in [3.8, 4) is 0 Å². The van der Waals surface area contributed by atoms with Crippen LogP contribution in [0.3, 0.4) is 0 Å². The summed E-state index contributed by atoms with van der Waals surface area (Å²) in [7, 11) is -3.26. The fourth-order valence-electron chi connectivity index (χ4n) is 3.08. The van der Waals surface area contributed by atoms with Crippen molar-refractivity contribution in [3.05, 3.63) is 64.6 Å². The Morgan fingerprint density at radius 1 is 1.33 bits per heavy atom. The third-order valence-corrected chi connectivity index (χ3v) is 5.53. The highest BCUT2D eigenvalue weighted by atomic mass is 35.5. The second kappa shape index (κ2) is 9.55. The summed E-state index contributed by atoms with van der Waals surface area (Å²) in [5.74, 6) is -0.488. The van der Waals surface area contributed by atoms with E-state index in [0.29, 0.717) is 24.8 Å². The number of hydrogen-bond donors (Lipinski definition) is 1. The van der Waals surface area contributed by atoms with Gasteiger partial charge in [-0.1, -0.05) is 35.9 Å². The number of nitrogens with zero attached hydrogens (tertiary/aromatic N) is 3. The molecule has 160 valence electrons. The van der Waals surface area contributed by atoms with Gasteiger partial charge in [0.25, 0.3) is 5.91 Å². The van der Waals surface area contributed by atoms with E-state index in [0.717, 1.165) is 22.9 Å². The van der Waals surface area contributed by atoms with Gasteiger partial charge in [-0.05, 0) is 18.6 Å². The van der Waals surface area contributed by atoms with Crippen molar-refractivity contribution in [2.75, 3.05) is 30.9 Å². The number of rotatable bonds is 6. The Kier molecular flexibility index (Phi) is 7.06. The molecule has 3 rings (SSSR count). The minimum Gasteiger partial charge on any atom is -0.377 e. The first-order valence-electron chi connectivity index (χ1n) is 9.34. The molecular formula is C20H23ClN4O4S. The largest absolute Gasteiger partial charge is 0.377 e. The van der Waals surface area contributed by atoms with Crippen molar-refractivity contribution in [2.45, 2.75) is 19.0 Å². The molecule has 0 spiro atoms. The molecule has 1 N–H and O–H groups in total. The fourth-order valence-corrected chi connectivity index (χ4v) is 3.87. The number of halogens is 1. The number of benzene rings is 1. The number of nitrogens with one attached hydrogen (secondary N) is 1. The number of hydrogen-bond acceptors (Lipinski definition) is 7. The Balaban J connectivity index is 1.73. The Labute approximate surface area is 180 Å². The lowest BCUT2D eigenvalue weighted by atomic mass is 10.0. The standard InChI is InChI=1S/C20H23ClN4O4S/c1-14(7-10-30(2,27)28)24-20(26)19-22-11-15(12-23-19)25-8-9-29-13-18(25)16-5-3-4-6-17(16)21/h3-7,10-12,14,18H,8-9,13H2,1-2H3,(H,24,26)/b10-7+/t14-,18?/m1/s1. The van der Waals surface area contributed by atoms with Gasteiger partial charge in [0.15, 0.2) is 9.84 Å². The summed E-state index contributed by atoms with van der Waals surface area (Å²) in [5, 5.41) is 4.35. The molecule has 0 aliphatic carbocycles. The van der Waals surface area contributed by atoms with Crippen molar-refractivity contribution in [3.63, 3.8) is 0 Å². The van der Waals surface area contributed by atoms with Crippen molar-refractivity contribution in [1.82, 2.24) is 15.3 Å². The normalized spacial score (nSPS) is 18.4. The van der Waals surface area contributed by atoms with E-state index in [-0.39, 0.29) is 11.9 Å². The molecule has 1 unspecified atom stereocenters. The highest BCUT2D eigenvalue weighted by molar-refractivity contribution is 7.93. The number of amides is 1. The second-order valence-corrected chi connectivity index (χ2v) is 9.33. The van der Waals surface area contributed by atoms with Crippen molar-refractivity contribution >= 4 is 33.0 Å². The molecule has 2 heterocycles. The van der Waals surface area contributed by atoms with Crippen LogP contribution >= 0.6 is 11.6 Å². The molecule has 30 heavy (non-hydrogen) atoms. The number of aromatic nitrogens is 2. The summed E-state index contributed by atoms with van der Waals surface area (Å²) in [5.41, 5.74) is 1.71. The molecule has 1 aromatic carbocycles. The van der Waals surface area contributed by atoms with Gasteiger partial charge >= 0.3 is 0 Å². The molecule has 8 nitrogen and oxygen atoms in total. The summed E-state index contributed by atoms with van der Waals surface area (Å²) in [4.78, 5) is 22.8. The summed E-state index contributed by atoms with van der Waals surface area (Å²) in [6, 6.07) is 7.03. The molecule has 1 aromatic heterocycles. The molecule has 1 saturated heterocycles. The first-order chi connectivity index (χ1) is 14.2. The van der Waals surface area contributed by atoms with E-state index < -0.39 is 21.8 Å². The molecular weight excluding hydrogens is 428 g/mol. The van der Waals surface area contributed by atoms with E-state index in [4.69, 9.17) is 16.3 Å². The van der Waals surface area contributed by atoms with E-state index in [2.05, 4.69) is 20.2 Å². The summed E-state index contributed by atoms with van der Waals surface area (Å²) >= 11 is 6.37. The lowest BCUT2D eigenvalue weighted by Crippen LogP contribution is -2.40. The van der Waals surface area contributed by atoms with E-state index in [9.17, 15) is 13.2 Å². The highest BCUT2D eigenvalue weighted by Crippen LogP contribution is 2.32. The average molecular weight is 451 g/mol. The molecule has 1 amide bonds. The SMILES string of the molecule is C[C@H](/C=C/S(C)(=O)=O)NC(=O)c1ncc(N2CCOCC2c2ccccc2Cl)cn1. The zero-order chi connectivity index (χ0) is 21.7. The molecule has 0 bridgehead atoms. The molecule has 0 saturated carbocycles. The van der Waals surface area contributed by atoms with Crippen LogP contribution < -0.4 is 10.2 Å². The number of sulfone groups is 1. The lowest BCUT2D eigenvalue weighted by Gasteiger charge is -2.37. The van der Waals surface area contributed by atoms with Crippen LogP contribution in [-0.2, 0) is 14.6 Å². The predicted molar refractivity (Wildman–Crippen MR) is 115 cm³/mol. The van der Waals surface area contributed by atoms with Gasteiger partial charge in [0, 0.05) is 29.3 Å². The van der Waals surface area contributed by atoms with Crippen LogP contribution in [0.4, 0.5) is 5.69 Å². The lowest BCUT2D eigenvalue weighted by molar-refractivity contribution is 0.0930. The maximum atomic E-state index is 12.3. The van der Waals surface area contributed by atoms with Crippen molar-refractivity contribution in [2.24, 2.45) is 0 Å². The molecule has 1 aliphatic rings. The minimum atomic E-state index is -3.26. The van der Waals surface area contributed by atoms with Gasteiger partial charge in [-0.25, -0.2) is 18.4 Å². The Hall–Kier alpha value is -2.49. The molecule has 0 radical (unpaired) electrons. The number of morpholine rings is 1. The number of ether oxygens (including phenoxy) is 1. The summed E-state index contributed by atoms with van der Waals surface area (Å²) in [6.45, 7) is 3.34. The smallest absolute Gasteiger partial charge is 0.289 e. The monoisotopic (exact) mass is 450 g/mol. The zero-order valence-corrected chi connectivity index (χ0v) is 18.2. The van der Waals surface area contributed by atoms with Crippen molar-refractivity contribution < 1.29 is 17.9 Å². The van der Waals surface area contributed by atoms with Crippen LogP contribution in [0.25, 0.3) is 0 Å². The second-order valence-electron chi connectivity index (χ2n) is 6.99. The van der Waals surface area contributed by atoms with E-state index >= 15 is 0 Å². The first-order valence-corrected chi connectivity index (χ1v) is 11.7. The van der Waals surface area contributed by atoms with E-state index in [1.807, 2.05) is 24.3 Å². The maximum Gasteiger partial charge on any atom is 0.289 e. The number of carbonyl (C=O) groups is 1. The van der Waals surface area contributed by atoms with E-state index in [1.165, 1.54) is 6.08 Å². The van der Waals surface area contributed by atoms with Gasteiger partial charge in [0.1, 0.15) is 0 Å². The number of carbonyl (C=O) groups excluding carboxylic acids is 1. The summed E-state index contributed by atoms with van der Waals surface area (Å²) in [6.07, 6.45) is 5.66. The van der Waals surface area contributed by atoms with Crippen LogP contribution in [0.5, 0.6) is 0 Å². The Morgan fingerprint density at radius 3 is 2.70 bits per heavy atom. The summed E-state index contributed by atoms with van der Waals surface area (Å²) < 4.78 is 28.0. The van der Waals surface area contributed by atoms with Gasteiger partial charge in [0.05, 0.1) is 37.3 Å². The molecule has 2 atom stereocenters. The minimum absolute atomic E-state index is 0.000841. The Morgan fingerprint density at radius 2 is 2.03 bits per heavy atom. The first kappa shape index (κ1) is 22.2. The molecule has 1 aliphatic heterocycles. The highest BCUT2D eigenvalue weighted by Gasteiger charge is 2.27. The maximum absolute atomic E-state index is 12.3.